The van der Waals surface area contributed by atoms with Crippen LogP contribution in [0.5, 0.6) is 0 Å². The number of rotatable bonds is 5. The van der Waals surface area contributed by atoms with E-state index < -0.39 is 11.2 Å². The molecule has 0 aliphatic carbocycles. The van der Waals surface area contributed by atoms with Crippen LogP contribution in [0.3, 0.4) is 0 Å². The summed E-state index contributed by atoms with van der Waals surface area (Å²) in [6.45, 7) is 0. The zero-order valence-electron chi connectivity index (χ0n) is 12.4. The third-order valence-corrected chi connectivity index (χ3v) is 5.18. The molecule has 0 saturated carbocycles. The van der Waals surface area contributed by atoms with Crippen LogP contribution in [0.15, 0.2) is 52.0 Å². The molecule has 8 heteroatoms. The summed E-state index contributed by atoms with van der Waals surface area (Å²) in [5.74, 6) is -1.37. The number of thioether (sulfide) groups is 1. The molecule has 1 amide bonds. The molecular weight excluding hydrogens is 346 g/mol. The van der Waals surface area contributed by atoms with E-state index in [1.54, 1.807) is 17.6 Å². The van der Waals surface area contributed by atoms with E-state index in [2.05, 4.69) is 21.6 Å². The van der Waals surface area contributed by atoms with E-state index in [1.165, 1.54) is 4.88 Å². The van der Waals surface area contributed by atoms with E-state index in [-0.39, 0.29) is 12.3 Å². The monoisotopic (exact) mass is 359 g/mol. The normalized spacial score (nSPS) is 19.1. The Bertz CT molecular complexity index is 816. The van der Waals surface area contributed by atoms with Gasteiger partial charge in [0, 0.05) is 4.88 Å². The molecule has 0 bridgehead atoms. The highest BCUT2D eigenvalue weighted by Crippen LogP contribution is 2.25. The van der Waals surface area contributed by atoms with Gasteiger partial charge in [0.15, 0.2) is 5.17 Å². The Morgan fingerprint density at radius 3 is 2.96 bits per heavy atom. The van der Waals surface area contributed by atoms with Crippen LogP contribution in [0.4, 0.5) is 0 Å². The lowest BCUT2D eigenvalue weighted by Gasteiger charge is -1.98. The standard InChI is InChI=1S/C16H13N3O3S2/c20-14(21)8-13-15(22)18-16(24-13)19-17-9-10-3-1-4-11(7-10)12-5-2-6-23-12/h1-7,9,13H,8H2,(H,20,21)(H,18,19,22). The number of amidine groups is 1. The zero-order chi connectivity index (χ0) is 16.9. The molecule has 1 aromatic heterocycles. The Balaban J connectivity index is 1.67. The molecule has 1 aliphatic rings. The van der Waals surface area contributed by atoms with Gasteiger partial charge in [-0.1, -0.05) is 36.0 Å². The molecule has 1 saturated heterocycles. The van der Waals surface area contributed by atoms with Crippen molar-refractivity contribution in [1.82, 2.24) is 5.32 Å². The number of benzene rings is 1. The Morgan fingerprint density at radius 2 is 2.21 bits per heavy atom. The number of hydrogen-bond donors (Lipinski definition) is 2. The zero-order valence-corrected chi connectivity index (χ0v) is 14.0. The number of aliphatic carboxylic acids is 1. The van der Waals surface area contributed by atoms with Gasteiger partial charge in [0.1, 0.15) is 5.25 Å². The van der Waals surface area contributed by atoms with Crippen molar-refractivity contribution in [2.75, 3.05) is 0 Å². The Morgan fingerprint density at radius 1 is 1.33 bits per heavy atom. The van der Waals surface area contributed by atoms with Crippen molar-refractivity contribution < 1.29 is 14.7 Å². The van der Waals surface area contributed by atoms with Crippen LogP contribution >= 0.6 is 23.1 Å². The van der Waals surface area contributed by atoms with Crippen LogP contribution < -0.4 is 5.32 Å². The van der Waals surface area contributed by atoms with Crippen LogP contribution in [-0.4, -0.2) is 33.6 Å². The summed E-state index contributed by atoms with van der Waals surface area (Å²) in [5.41, 5.74) is 1.99. The van der Waals surface area contributed by atoms with Gasteiger partial charge in [-0.25, -0.2) is 0 Å². The SMILES string of the molecule is O=C(O)CC1SC(=NN=Cc2cccc(-c3cccs3)c2)NC1=O. The molecule has 24 heavy (non-hydrogen) atoms. The molecule has 6 nitrogen and oxygen atoms in total. The predicted molar refractivity (Wildman–Crippen MR) is 96.6 cm³/mol. The first kappa shape index (κ1) is 16.4. The maximum absolute atomic E-state index is 11.6. The summed E-state index contributed by atoms with van der Waals surface area (Å²) in [5, 5.41) is 20.9. The summed E-state index contributed by atoms with van der Waals surface area (Å²) in [7, 11) is 0. The second kappa shape index (κ2) is 7.41. The molecule has 1 unspecified atom stereocenters. The molecule has 0 radical (unpaired) electrons. The van der Waals surface area contributed by atoms with Gasteiger partial charge < -0.3 is 10.4 Å². The van der Waals surface area contributed by atoms with Crippen molar-refractivity contribution in [3.05, 3.63) is 47.3 Å². The molecule has 2 heterocycles. The molecular formula is C16H13N3O3S2. The highest BCUT2D eigenvalue weighted by Gasteiger charge is 2.32. The average molecular weight is 359 g/mol. The van der Waals surface area contributed by atoms with E-state index in [9.17, 15) is 9.59 Å². The van der Waals surface area contributed by atoms with E-state index >= 15 is 0 Å². The number of amides is 1. The summed E-state index contributed by atoms with van der Waals surface area (Å²) >= 11 is 2.74. The minimum absolute atomic E-state index is 0.234. The summed E-state index contributed by atoms with van der Waals surface area (Å²) in [6.07, 6.45) is 1.36. The number of hydrogen-bond acceptors (Lipinski definition) is 6. The van der Waals surface area contributed by atoms with Crippen molar-refractivity contribution in [3.63, 3.8) is 0 Å². The number of carbonyl (C=O) groups is 2. The molecule has 1 fully saturated rings. The van der Waals surface area contributed by atoms with Crippen LogP contribution in [0, 0.1) is 0 Å². The second-order valence-electron chi connectivity index (χ2n) is 4.95. The fourth-order valence-corrected chi connectivity index (χ4v) is 3.75. The number of carboxylic acids is 1. The van der Waals surface area contributed by atoms with Gasteiger partial charge in [-0.3, -0.25) is 9.59 Å². The van der Waals surface area contributed by atoms with E-state index in [0.29, 0.717) is 5.17 Å². The predicted octanol–water partition coefficient (Wildman–Crippen LogP) is 2.81. The first-order chi connectivity index (χ1) is 11.6. The molecule has 2 aromatic rings. The molecule has 1 atom stereocenters. The van der Waals surface area contributed by atoms with Crippen molar-refractivity contribution >= 4 is 46.4 Å². The third-order valence-electron chi connectivity index (χ3n) is 3.18. The van der Waals surface area contributed by atoms with Gasteiger partial charge in [0.2, 0.25) is 5.91 Å². The Hall–Kier alpha value is -2.45. The lowest BCUT2D eigenvalue weighted by molar-refractivity contribution is -0.138. The minimum atomic E-state index is -1.02. The lowest BCUT2D eigenvalue weighted by atomic mass is 10.1. The number of carboxylic acid groups (broad SMARTS) is 1. The Kier molecular flexibility index (Phi) is 5.07. The van der Waals surface area contributed by atoms with E-state index in [4.69, 9.17) is 5.11 Å². The quantitative estimate of drug-likeness (QED) is 0.634. The van der Waals surface area contributed by atoms with Gasteiger partial charge in [-0.2, -0.15) is 5.10 Å². The maximum atomic E-state index is 11.6. The largest absolute Gasteiger partial charge is 0.481 e. The third kappa shape index (κ3) is 4.09. The van der Waals surface area contributed by atoms with Crippen LogP contribution in [0.25, 0.3) is 10.4 Å². The number of nitrogens with one attached hydrogen (secondary N) is 1. The van der Waals surface area contributed by atoms with E-state index in [1.807, 2.05) is 35.7 Å². The van der Waals surface area contributed by atoms with Gasteiger partial charge in [-0.15, -0.1) is 16.4 Å². The van der Waals surface area contributed by atoms with Crippen LogP contribution in [0.2, 0.25) is 0 Å². The molecule has 2 N–H and O–H groups in total. The first-order valence-electron chi connectivity index (χ1n) is 7.06. The maximum Gasteiger partial charge on any atom is 0.305 e. The fourth-order valence-electron chi connectivity index (χ4n) is 2.11. The number of thiophene rings is 1. The molecule has 0 spiro atoms. The van der Waals surface area contributed by atoms with E-state index in [0.717, 1.165) is 22.9 Å². The molecule has 1 aromatic carbocycles. The second-order valence-corrected chi connectivity index (χ2v) is 7.09. The van der Waals surface area contributed by atoms with Crippen molar-refractivity contribution in [2.24, 2.45) is 10.2 Å². The van der Waals surface area contributed by atoms with Crippen LogP contribution in [-0.2, 0) is 9.59 Å². The highest BCUT2D eigenvalue weighted by molar-refractivity contribution is 8.15. The van der Waals surface area contributed by atoms with Gasteiger partial charge >= 0.3 is 5.97 Å². The highest BCUT2D eigenvalue weighted by atomic mass is 32.2. The topological polar surface area (TPSA) is 91.1 Å². The average Bonchev–Trinajstić information content (AvgIpc) is 3.18. The smallest absolute Gasteiger partial charge is 0.305 e. The van der Waals surface area contributed by atoms with Crippen molar-refractivity contribution in [2.45, 2.75) is 11.7 Å². The van der Waals surface area contributed by atoms with Crippen molar-refractivity contribution in [3.8, 4) is 10.4 Å². The molecule has 122 valence electrons. The molecule has 3 rings (SSSR count). The van der Waals surface area contributed by atoms with Gasteiger partial charge in [0.25, 0.3) is 0 Å². The van der Waals surface area contributed by atoms with Gasteiger partial charge in [-0.05, 0) is 28.6 Å². The number of nitrogens with zero attached hydrogens (tertiary/aromatic N) is 2. The summed E-state index contributed by atoms with van der Waals surface area (Å²) < 4.78 is 0. The number of carbonyl (C=O) groups excluding carboxylic acids is 1. The van der Waals surface area contributed by atoms with Gasteiger partial charge in [0.05, 0.1) is 12.6 Å². The summed E-state index contributed by atoms with van der Waals surface area (Å²) in [4.78, 5) is 23.4. The summed E-state index contributed by atoms with van der Waals surface area (Å²) in [6, 6.07) is 11.9. The molecule has 1 aliphatic heterocycles. The Labute approximate surface area is 146 Å². The van der Waals surface area contributed by atoms with Crippen LogP contribution in [0.1, 0.15) is 12.0 Å². The van der Waals surface area contributed by atoms with Crippen molar-refractivity contribution in [1.29, 1.82) is 0 Å². The minimum Gasteiger partial charge on any atom is -0.481 e. The fraction of sp³-hybridized carbons (Fsp3) is 0.125. The first-order valence-corrected chi connectivity index (χ1v) is 8.82. The lowest BCUT2D eigenvalue weighted by Crippen LogP contribution is -2.26.